The molecular formula is C17H23N3O2S. The van der Waals surface area contributed by atoms with Crippen molar-refractivity contribution in [1.82, 2.24) is 9.88 Å². The highest BCUT2D eigenvalue weighted by Crippen LogP contribution is 2.27. The van der Waals surface area contributed by atoms with E-state index in [1.807, 2.05) is 20.8 Å². The van der Waals surface area contributed by atoms with Crippen molar-refractivity contribution in [3.63, 3.8) is 0 Å². The van der Waals surface area contributed by atoms with E-state index >= 15 is 0 Å². The van der Waals surface area contributed by atoms with E-state index in [0.717, 1.165) is 30.2 Å². The van der Waals surface area contributed by atoms with Gasteiger partial charge in [-0.05, 0) is 51.7 Å². The van der Waals surface area contributed by atoms with Gasteiger partial charge >= 0.3 is 6.09 Å². The molecule has 1 aliphatic heterocycles. The van der Waals surface area contributed by atoms with Gasteiger partial charge in [0.2, 0.25) is 0 Å². The van der Waals surface area contributed by atoms with Crippen molar-refractivity contribution < 1.29 is 9.53 Å². The number of ether oxygens (including phenoxy) is 1. The first-order valence-corrected chi connectivity index (χ1v) is 8.83. The van der Waals surface area contributed by atoms with E-state index in [4.69, 9.17) is 10.00 Å². The van der Waals surface area contributed by atoms with Crippen LogP contribution in [-0.2, 0) is 4.74 Å². The van der Waals surface area contributed by atoms with E-state index in [2.05, 4.69) is 11.1 Å². The fraction of sp³-hybridized carbons (Fsp3) is 0.588. The van der Waals surface area contributed by atoms with E-state index in [9.17, 15) is 4.79 Å². The van der Waals surface area contributed by atoms with Gasteiger partial charge in [0.15, 0.2) is 0 Å². The van der Waals surface area contributed by atoms with Crippen molar-refractivity contribution in [3.8, 4) is 6.07 Å². The summed E-state index contributed by atoms with van der Waals surface area (Å²) in [5.74, 6) is 1.25. The first-order valence-electron chi connectivity index (χ1n) is 7.85. The van der Waals surface area contributed by atoms with E-state index in [1.54, 1.807) is 35.0 Å². The fourth-order valence-electron chi connectivity index (χ4n) is 2.48. The third-order valence-electron chi connectivity index (χ3n) is 3.52. The van der Waals surface area contributed by atoms with Gasteiger partial charge in [-0.25, -0.2) is 9.78 Å². The standard InChI is InChI=1S/C17H23N3O2S/c1-17(2,3)22-16(21)20-9-5-6-13(11-20)12-23-15-14(10-18)7-4-8-19-15/h4,7-8,13H,5-6,9,11-12H2,1-3H3. The van der Waals surface area contributed by atoms with Crippen molar-refractivity contribution in [2.45, 2.75) is 44.2 Å². The molecule has 0 spiro atoms. The van der Waals surface area contributed by atoms with E-state index in [0.29, 0.717) is 18.0 Å². The Morgan fingerprint density at radius 1 is 1.57 bits per heavy atom. The van der Waals surface area contributed by atoms with Crippen molar-refractivity contribution >= 4 is 17.9 Å². The number of nitrogens with zero attached hydrogens (tertiary/aromatic N) is 3. The van der Waals surface area contributed by atoms with Crippen LogP contribution in [0.5, 0.6) is 0 Å². The molecule has 2 rings (SSSR count). The second kappa shape index (κ2) is 7.69. The minimum Gasteiger partial charge on any atom is -0.444 e. The van der Waals surface area contributed by atoms with Crippen LogP contribution in [0.1, 0.15) is 39.2 Å². The van der Waals surface area contributed by atoms with Crippen LogP contribution in [0.15, 0.2) is 23.4 Å². The maximum absolute atomic E-state index is 12.2. The number of amides is 1. The Labute approximate surface area is 142 Å². The van der Waals surface area contributed by atoms with Gasteiger partial charge in [0, 0.05) is 25.0 Å². The van der Waals surface area contributed by atoms with Crippen LogP contribution >= 0.6 is 11.8 Å². The molecule has 5 nitrogen and oxygen atoms in total. The number of hydrogen-bond acceptors (Lipinski definition) is 5. The highest BCUT2D eigenvalue weighted by atomic mass is 32.2. The lowest BCUT2D eigenvalue weighted by molar-refractivity contribution is 0.0177. The highest BCUT2D eigenvalue weighted by Gasteiger charge is 2.27. The third-order valence-corrected chi connectivity index (χ3v) is 4.75. The molecule has 0 aromatic carbocycles. The molecule has 0 aliphatic carbocycles. The third kappa shape index (κ3) is 5.43. The van der Waals surface area contributed by atoms with Crippen LogP contribution in [-0.4, -0.2) is 40.4 Å². The maximum atomic E-state index is 12.2. The van der Waals surface area contributed by atoms with Crippen molar-refractivity contribution in [2.75, 3.05) is 18.8 Å². The van der Waals surface area contributed by atoms with E-state index in [1.165, 1.54) is 0 Å². The molecule has 0 N–H and O–H groups in total. The minimum atomic E-state index is -0.464. The Morgan fingerprint density at radius 3 is 3.04 bits per heavy atom. The van der Waals surface area contributed by atoms with Gasteiger partial charge in [0.05, 0.1) is 5.56 Å². The number of carbonyl (C=O) groups excluding carboxylic acids is 1. The van der Waals surface area contributed by atoms with E-state index in [-0.39, 0.29) is 6.09 Å². The molecule has 0 radical (unpaired) electrons. The van der Waals surface area contributed by atoms with Crippen LogP contribution in [0.2, 0.25) is 0 Å². The highest BCUT2D eigenvalue weighted by molar-refractivity contribution is 7.99. The summed E-state index contributed by atoms with van der Waals surface area (Å²) in [4.78, 5) is 18.2. The molecular weight excluding hydrogens is 310 g/mol. The number of aromatic nitrogens is 1. The van der Waals surface area contributed by atoms with Gasteiger partial charge in [-0.1, -0.05) is 0 Å². The lowest BCUT2D eigenvalue weighted by atomic mass is 10.0. The lowest BCUT2D eigenvalue weighted by Crippen LogP contribution is -2.43. The summed E-state index contributed by atoms with van der Waals surface area (Å²) in [5, 5.41) is 9.87. The zero-order valence-corrected chi connectivity index (χ0v) is 14.7. The Hall–Kier alpha value is -1.74. The molecule has 1 atom stereocenters. The summed E-state index contributed by atoms with van der Waals surface area (Å²) in [7, 11) is 0. The number of hydrogen-bond donors (Lipinski definition) is 0. The number of likely N-dealkylation sites (tertiary alicyclic amines) is 1. The molecule has 0 saturated carbocycles. The summed E-state index contributed by atoms with van der Waals surface area (Å²) < 4.78 is 5.45. The molecule has 6 heteroatoms. The van der Waals surface area contributed by atoms with Crippen molar-refractivity contribution in [2.24, 2.45) is 5.92 Å². The molecule has 1 amide bonds. The molecule has 1 fully saturated rings. The SMILES string of the molecule is CC(C)(C)OC(=O)N1CCCC(CSc2ncccc2C#N)C1. The van der Waals surface area contributed by atoms with Crippen LogP contribution in [0.25, 0.3) is 0 Å². The molecule has 1 aromatic rings. The summed E-state index contributed by atoms with van der Waals surface area (Å²) in [6.07, 6.45) is 3.54. The molecule has 23 heavy (non-hydrogen) atoms. The largest absolute Gasteiger partial charge is 0.444 e. The molecule has 1 aliphatic rings. The summed E-state index contributed by atoms with van der Waals surface area (Å²) in [6, 6.07) is 5.72. The maximum Gasteiger partial charge on any atom is 0.410 e. The van der Waals surface area contributed by atoms with Gasteiger partial charge in [0.1, 0.15) is 16.7 Å². The zero-order valence-electron chi connectivity index (χ0n) is 13.9. The Kier molecular flexibility index (Phi) is 5.89. The molecule has 0 bridgehead atoms. The van der Waals surface area contributed by atoms with Crippen molar-refractivity contribution in [3.05, 3.63) is 23.9 Å². The molecule has 124 valence electrons. The number of nitriles is 1. The van der Waals surface area contributed by atoms with Gasteiger partial charge in [-0.15, -0.1) is 11.8 Å². The number of carbonyl (C=O) groups is 1. The summed E-state index contributed by atoms with van der Waals surface area (Å²) in [6.45, 7) is 7.10. The van der Waals surface area contributed by atoms with Gasteiger partial charge in [-0.3, -0.25) is 0 Å². The molecule has 1 unspecified atom stereocenters. The quantitative estimate of drug-likeness (QED) is 0.789. The van der Waals surface area contributed by atoms with Gasteiger partial charge in [0.25, 0.3) is 0 Å². The second-order valence-corrected chi connectivity index (χ2v) is 7.72. The van der Waals surface area contributed by atoms with Crippen LogP contribution in [0.3, 0.4) is 0 Å². The number of piperidine rings is 1. The average Bonchev–Trinajstić information content (AvgIpc) is 2.52. The normalized spacial score (nSPS) is 18.3. The van der Waals surface area contributed by atoms with Crippen molar-refractivity contribution in [1.29, 1.82) is 5.26 Å². The van der Waals surface area contributed by atoms with Gasteiger partial charge < -0.3 is 9.64 Å². The Bertz CT molecular complexity index is 592. The Morgan fingerprint density at radius 2 is 2.35 bits per heavy atom. The minimum absolute atomic E-state index is 0.234. The smallest absolute Gasteiger partial charge is 0.410 e. The number of rotatable bonds is 3. The number of pyridine rings is 1. The molecule has 1 aromatic heterocycles. The topological polar surface area (TPSA) is 66.2 Å². The number of thioether (sulfide) groups is 1. The molecule has 1 saturated heterocycles. The average molecular weight is 333 g/mol. The van der Waals surface area contributed by atoms with Crippen LogP contribution in [0, 0.1) is 17.2 Å². The zero-order chi connectivity index (χ0) is 16.9. The Balaban J connectivity index is 1.89. The monoisotopic (exact) mass is 333 g/mol. The fourth-order valence-corrected chi connectivity index (χ4v) is 3.55. The van der Waals surface area contributed by atoms with E-state index < -0.39 is 5.60 Å². The first kappa shape index (κ1) is 17.6. The summed E-state index contributed by atoms with van der Waals surface area (Å²) in [5.41, 5.74) is 0.145. The lowest BCUT2D eigenvalue weighted by Gasteiger charge is -2.34. The van der Waals surface area contributed by atoms with Gasteiger partial charge in [-0.2, -0.15) is 5.26 Å². The predicted molar refractivity (Wildman–Crippen MR) is 90.2 cm³/mol. The predicted octanol–water partition coefficient (Wildman–Crippen LogP) is 3.69. The first-order chi connectivity index (χ1) is 10.9. The van der Waals surface area contributed by atoms with Crippen LogP contribution < -0.4 is 0 Å². The van der Waals surface area contributed by atoms with Crippen LogP contribution in [0.4, 0.5) is 4.79 Å². The second-order valence-electron chi connectivity index (χ2n) is 6.71. The molecule has 2 heterocycles. The summed E-state index contributed by atoms with van der Waals surface area (Å²) >= 11 is 1.59.